The van der Waals surface area contributed by atoms with Gasteiger partial charge in [-0.05, 0) is 29.2 Å². The minimum atomic E-state index is -0.0205. The number of nitrogens with zero attached hydrogens (tertiary/aromatic N) is 1. The molecular formula is C18H20NO. The molecule has 2 aromatic carbocycles. The van der Waals surface area contributed by atoms with Crippen LogP contribution in [-0.2, 0) is 5.41 Å². The SMILES string of the molecule is CN(C(=O)c1ccccc1)c1[c]ccc(C(C)(C)C)c1. The van der Waals surface area contributed by atoms with E-state index in [1.54, 1.807) is 11.9 Å². The van der Waals surface area contributed by atoms with Gasteiger partial charge in [-0.2, -0.15) is 0 Å². The molecule has 0 saturated heterocycles. The third-order valence-corrected chi connectivity index (χ3v) is 3.34. The van der Waals surface area contributed by atoms with Gasteiger partial charge in [0.1, 0.15) is 0 Å². The van der Waals surface area contributed by atoms with Crippen LogP contribution in [0.5, 0.6) is 0 Å². The van der Waals surface area contributed by atoms with Crippen LogP contribution in [0.25, 0.3) is 0 Å². The predicted molar refractivity (Wildman–Crippen MR) is 83.2 cm³/mol. The molecular weight excluding hydrogens is 246 g/mol. The van der Waals surface area contributed by atoms with Crippen LogP contribution < -0.4 is 4.90 Å². The van der Waals surface area contributed by atoms with Gasteiger partial charge in [-0.15, -0.1) is 0 Å². The summed E-state index contributed by atoms with van der Waals surface area (Å²) in [6.07, 6.45) is 0. The first-order valence-corrected chi connectivity index (χ1v) is 6.75. The van der Waals surface area contributed by atoms with Gasteiger partial charge in [-0.1, -0.05) is 51.1 Å². The van der Waals surface area contributed by atoms with Gasteiger partial charge < -0.3 is 4.90 Å². The molecule has 0 fully saturated rings. The van der Waals surface area contributed by atoms with Gasteiger partial charge in [0, 0.05) is 18.7 Å². The number of amides is 1. The Morgan fingerprint density at radius 2 is 1.75 bits per heavy atom. The molecule has 1 radical (unpaired) electrons. The molecule has 0 N–H and O–H groups in total. The maximum atomic E-state index is 12.4. The molecule has 2 aromatic rings. The third-order valence-electron chi connectivity index (χ3n) is 3.34. The van der Waals surface area contributed by atoms with E-state index >= 15 is 0 Å². The van der Waals surface area contributed by atoms with Crippen molar-refractivity contribution in [3.05, 3.63) is 65.7 Å². The molecule has 0 atom stereocenters. The monoisotopic (exact) mass is 266 g/mol. The maximum Gasteiger partial charge on any atom is 0.258 e. The Bertz CT molecular complexity index is 596. The van der Waals surface area contributed by atoms with Crippen molar-refractivity contribution in [3.8, 4) is 0 Å². The Morgan fingerprint density at radius 3 is 2.35 bits per heavy atom. The van der Waals surface area contributed by atoms with Gasteiger partial charge in [0.15, 0.2) is 0 Å². The smallest absolute Gasteiger partial charge is 0.258 e. The molecule has 2 rings (SSSR count). The molecule has 0 heterocycles. The van der Waals surface area contributed by atoms with Crippen LogP contribution in [0.15, 0.2) is 48.5 Å². The first kappa shape index (κ1) is 14.3. The summed E-state index contributed by atoms with van der Waals surface area (Å²) >= 11 is 0. The van der Waals surface area contributed by atoms with Gasteiger partial charge in [0.05, 0.1) is 5.69 Å². The van der Waals surface area contributed by atoms with Gasteiger partial charge in [0.2, 0.25) is 0 Å². The maximum absolute atomic E-state index is 12.4. The highest BCUT2D eigenvalue weighted by molar-refractivity contribution is 6.05. The summed E-state index contributed by atoms with van der Waals surface area (Å²) in [4.78, 5) is 14.1. The summed E-state index contributed by atoms with van der Waals surface area (Å²) in [5, 5.41) is 0. The van der Waals surface area contributed by atoms with Gasteiger partial charge in [-0.25, -0.2) is 0 Å². The minimum absolute atomic E-state index is 0.0205. The molecule has 0 unspecified atom stereocenters. The normalized spacial score (nSPS) is 11.2. The van der Waals surface area contributed by atoms with E-state index in [4.69, 9.17) is 0 Å². The van der Waals surface area contributed by atoms with Gasteiger partial charge in [-0.3, -0.25) is 4.79 Å². The van der Waals surface area contributed by atoms with E-state index in [2.05, 4.69) is 26.8 Å². The first-order chi connectivity index (χ1) is 9.39. The summed E-state index contributed by atoms with van der Waals surface area (Å²) in [5.74, 6) is -0.0205. The lowest BCUT2D eigenvalue weighted by molar-refractivity contribution is 0.0993. The number of hydrogen-bond acceptors (Lipinski definition) is 1. The molecule has 0 aliphatic carbocycles. The van der Waals surface area contributed by atoms with Crippen molar-refractivity contribution in [3.63, 3.8) is 0 Å². The van der Waals surface area contributed by atoms with Crippen molar-refractivity contribution in [2.24, 2.45) is 0 Å². The van der Waals surface area contributed by atoms with Crippen molar-refractivity contribution in [2.45, 2.75) is 26.2 Å². The molecule has 0 aliphatic heterocycles. The highest BCUT2D eigenvalue weighted by atomic mass is 16.2. The second-order valence-electron chi connectivity index (χ2n) is 5.94. The van der Waals surface area contributed by atoms with Crippen LogP contribution in [-0.4, -0.2) is 13.0 Å². The molecule has 0 spiro atoms. The van der Waals surface area contributed by atoms with Crippen LogP contribution in [0.1, 0.15) is 36.7 Å². The summed E-state index contributed by atoms with van der Waals surface area (Å²) in [6, 6.07) is 18.4. The second kappa shape index (κ2) is 5.49. The fourth-order valence-electron chi connectivity index (χ4n) is 2.00. The lowest BCUT2D eigenvalue weighted by Crippen LogP contribution is -2.26. The zero-order valence-electron chi connectivity index (χ0n) is 12.5. The number of benzene rings is 2. The molecule has 0 bridgehead atoms. The molecule has 1 amide bonds. The average molecular weight is 266 g/mol. The fourth-order valence-corrected chi connectivity index (χ4v) is 2.00. The Morgan fingerprint density at radius 1 is 1.10 bits per heavy atom. The van der Waals surface area contributed by atoms with E-state index in [-0.39, 0.29) is 11.3 Å². The van der Waals surface area contributed by atoms with Crippen LogP contribution >= 0.6 is 0 Å². The van der Waals surface area contributed by atoms with Gasteiger partial charge >= 0.3 is 0 Å². The van der Waals surface area contributed by atoms with Crippen molar-refractivity contribution < 1.29 is 4.79 Å². The third kappa shape index (κ3) is 3.08. The summed E-state index contributed by atoms with van der Waals surface area (Å²) in [7, 11) is 1.79. The summed E-state index contributed by atoms with van der Waals surface area (Å²) in [6.45, 7) is 6.47. The number of carbonyl (C=O) groups excluding carboxylic acids is 1. The van der Waals surface area contributed by atoms with E-state index in [0.717, 1.165) is 5.69 Å². The Balaban J connectivity index is 2.30. The summed E-state index contributed by atoms with van der Waals surface area (Å²) < 4.78 is 0. The van der Waals surface area contributed by atoms with E-state index in [1.165, 1.54) is 5.56 Å². The number of anilines is 1. The van der Waals surface area contributed by atoms with Crippen LogP contribution in [0.3, 0.4) is 0 Å². The van der Waals surface area contributed by atoms with Crippen molar-refractivity contribution >= 4 is 11.6 Å². The lowest BCUT2D eigenvalue weighted by Gasteiger charge is -2.23. The molecule has 2 heteroatoms. The Labute approximate surface area is 121 Å². The highest BCUT2D eigenvalue weighted by Crippen LogP contribution is 2.26. The molecule has 20 heavy (non-hydrogen) atoms. The fraction of sp³-hybridized carbons (Fsp3) is 0.278. The quantitative estimate of drug-likeness (QED) is 0.802. The predicted octanol–water partition coefficient (Wildman–Crippen LogP) is 4.06. The first-order valence-electron chi connectivity index (χ1n) is 6.75. The van der Waals surface area contributed by atoms with E-state index < -0.39 is 0 Å². The molecule has 0 aliphatic rings. The van der Waals surface area contributed by atoms with Crippen molar-refractivity contribution in [1.82, 2.24) is 0 Å². The van der Waals surface area contributed by atoms with Gasteiger partial charge in [0.25, 0.3) is 5.91 Å². The van der Waals surface area contributed by atoms with Crippen molar-refractivity contribution in [2.75, 3.05) is 11.9 Å². The standard InChI is InChI=1S/C18H20NO/c1-18(2,3)15-11-8-12-16(13-15)19(4)17(20)14-9-6-5-7-10-14/h5-11,13H,1-4H3. The van der Waals surface area contributed by atoms with Crippen LogP contribution in [0.4, 0.5) is 5.69 Å². The number of rotatable bonds is 2. The highest BCUT2D eigenvalue weighted by Gasteiger charge is 2.17. The molecule has 0 aromatic heterocycles. The Kier molecular flexibility index (Phi) is 3.93. The zero-order valence-corrected chi connectivity index (χ0v) is 12.5. The minimum Gasteiger partial charge on any atom is -0.311 e. The summed E-state index contributed by atoms with van der Waals surface area (Å²) in [5.41, 5.74) is 2.73. The van der Waals surface area contributed by atoms with E-state index in [0.29, 0.717) is 5.56 Å². The van der Waals surface area contributed by atoms with E-state index in [1.807, 2.05) is 48.5 Å². The Hall–Kier alpha value is -2.09. The van der Waals surface area contributed by atoms with Crippen LogP contribution in [0, 0.1) is 6.07 Å². The zero-order chi connectivity index (χ0) is 14.8. The van der Waals surface area contributed by atoms with E-state index in [9.17, 15) is 4.79 Å². The number of carbonyl (C=O) groups is 1. The molecule has 2 nitrogen and oxygen atoms in total. The van der Waals surface area contributed by atoms with Crippen molar-refractivity contribution in [1.29, 1.82) is 0 Å². The number of hydrogen-bond donors (Lipinski definition) is 0. The van der Waals surface area contributed by atoms with Crippen LogP contribution in [0.2, 0.25) is 0 Å². The molecule has 0 saturated carbocycles. The topological polar surface area (TPSA) is 20.3 Å². The second-order valence-corrected chi connectivity index (χ2v) is 5.94. The lowest BCUT2D eigenvalue weighted by atomic mass is 9.87. The average Bonchev–Trinajstić information content (AvgIpc) is 2.46. The molecule has 103 valence electrons. The largest absolute Gasteiger partial charge is 0.311 e.